The number of alkyl halides is 3. The SMILES string of the molecule is O=S(=O)(Oc1cc2cccnc2c(-c2cccc3nonc23)n1)C(F)(F)F. The van der Waals surface area contributed by atoms with Crippen LogP contribution in [0.25, 0.3) is 33.2 Å². The summed E-state index contributed by atoms with van der Waals surface area (Å²) in [6.07, 6.45) is 1.46. The average molecular weight is 396 g/mol. The van der Waals surface area contributed by atoms with Gasteiger partial charge in [0.25, 0.3) is 0 Å². The number of nitrogens with zero attached hydrogens (tertiary/aromatic N) is 4. The normalized spacial score (nSPS) is 12.6. The predicted molar refractivity (Wildman–Crippen MR) is 85.9 cm³/mol. The van der Waals surface area contributed by atoms with Crippen molar-refractivity contribution in [3.05, 3.63) is 42.6 Å². The highest BCUT2D eigenvalue weighted by molar-refractivity contribution is 7.87. The first-order valence-electron chi connectivity index (χ1n) is 7.24. The molecule has 0 fully saturated rings. The van der Waals surface area contributed by atoms with E-state index in [0.29, 0.717) is 22.0 Å². The molecule has 0 aliphatic heterocycles. The number of hydrogen-bond donors (Lipinski definition) is 0. The van der Waals surface area contributed by atoms with Crippen molar-refractivity contribution in [1.82, 2.24) is 20.3 Å². The molecule has 8 nitrogen and oxygen atoms in total. The summed E-state index contributed by atoms with van der Waals surface area (Å²) in [5, 5.41) is 7.76. The van der Waals surface area contributed by atoms with Gasteiger partial charge in [-0.3, -0.25) is 4.98 Å². The van der Waals surface area contributed by atoms with Gasteiger partial charge in [0.05, 0.1) is 5.52 Å². The van der Waals surface area contributed by atoms with Gasteiger partial charge in [0.15, 0.2) is 0 Å². The molecule has 0 amide bonds. The van der Waals surface area contributed by atoms with E-state index in [4.69, 9.17) is 0 Å². The van der Waals surface area contributed by atoms with Crippen molar-refractivity contribution < 1.29 is 30.4 Å². The van der Waals surface area contributed by atoms with E-state index in [2.05, 4.69) is 29.1 Å². The van der Waals surface area contributed by atoms with Gasteiger partial charge in [0.2, 0.25) is 5.88 Å². The van der Waals surface area contributed by atoms with Crippen LogP contribution in [0.4, 0.5) is 13.2 Å². The van der Waals surface area contributed by atoms with Crippen LogP contribution in [-0.4, -0.2) is 34.2 Å². The summed E-state index contributed by atoms with van der Waals surface area (Å²) in [6.45, 7) is 0. The van der Waals surface area contributed by atoms with Gasteiger partial charge in [-0.15, -0.1) is 0 Å². The van der Waals surface area contributed by atoms with Gasteiger partial charge in [-0.2, -0.15) is 21.6 Å². The van der Waals surface area contributed by atoms with E-state index < -0.39 is 21.5 Å². The summed E-state index contributed by atoms with van der Waals surface area (Å²) in [7, 11) is -5.88. The number of benzene rings is 1. The van der Waals surface area contributed by atoms with Crippen molar-refractivity contribution in [3.8, 4) is 17.1 Å². The van der Waals surface area contributed by atoms with Crippen LogP contribution >= 0.6 is 0 Å². The van der Waals surface area contributed by atoms with Crippen molar-refractivity contribution in [2.75, 3.05) is 0 Å². The van der Waals surface area contributed by atoms with Gasteiger partial charge in [-0.25, -0.2) is 9.61 Å². The summed E-state index contributed by atoms with van der Waals surface area (Å²) >= 11 is 0. The molecule has 0 radical (unpaired) electrons. The molecule has 0 N–H and O–H groups in total. The summed E-state index contributed by atoms with van der Waals surface area (Å²) in [4.78, 5) is 8.09. The largest absolute Gasteiger partial charge is 0.534 e. The molecule has 1 aromatic carbocycles. The maximum atomic E-state index is 12.6. The Bertz CT molecular complexity index is 1270. The van der Waals surface area contributed by atoms with Gasteiger partial charge in [0.1, 0.15) is 16.7 Å². The highest BCUT2D eigenvalue weighted by atomic mass is 32.2. The molecule has 12 heteroatoms. The minimum atomic E-state index is -5.88. The summed E-state index contributed by atoms with van der Waals surface area (Å²) in [5.74, 6) is -0.753. The van der Waals surface area contributed by atoms with Crippen LogP contribution < -0.4 is 4.18 Å². The van der Waals surface area contributed by atoms with Gasteiger partial charge in [-0.1, -0.05) is 18.2 Å². The predicted octanol–water partition coefficient (Wildman–Crippen LogP) is 3.06. The summed E-state index contributed by atoms with van der Waals surface area (Å²) in [6, 6.07) is 8.91. The van der Waals surface area contributed by atoms with E-state index in [1.165, 1.54) is 18.3 Å². The average Bonchev–Trinajstić information content (AvgIpc) is 3.08. The Morgan fingerprint density at radius 2 is 1.85 bits per heavy atom. The molecule has 0 unspecified atom stereocenters. The lowest BCUT2D eigenvalue weighted by Crippen LogP contribution is -2.28. The number of halogens is 3. The molecule has 3 aromatic heterocycles. The summed E-state index contributed by atoms with van der Waals surface area (Å²) < 4.78 is 69.4. The van der Waals surface area contributed by atoms with Crippen molar-refractivity contribution >= 4 is 32.1 Å². The molecule has 4 rings (SSSR count). The van der Waals surface area contributed by atoms with Crippen LogP contribution in [-0.2, 0) is 10.1 Å². The Hall–Kier alpha value is -3.28. The van der Waals surface area contributed by atoms with Crippen LogP contribution in [0.15, 0.2) is 47.2 Å². The lowest BCUT2D eigenvalue weighted by atomic mass is 10.1. The number of hydrogen-bond acceptors (Lipinski definition) is 8. The molecule has 0 aliphatic rings. The van der Waals surface area contributed by atoms with Crippen molar-refractivity contribution in [1.29, 1.82) is 0 Å². The molecule has 27 heavy (non-hydrogen) atoms. The van der Waals surface area contributed by atoms with Gasteiger partial charge < -0.3 is 4.18 Å². The van der Waals surface area contributed by atoms with E-state index in [0.717, 1.165) is 6.07 Å². The third-order valence-corrected chi connectivity index (χ3v) is 4.54. The molecule has 138 valence electrons. The topological polar surface area (TPSA) is 108 Å². The van der Waals surface area contributed by atoms with Crippen LogP contribution in [0, 0.1) is 0 Å². The quantitative estimate of drug-likeness (QED) is 0.384. The minimum absolute atomic E-state index is 0.0711. The smallest absolute Gasteiger partial charge is 0.355 e. The molecule has 0 spiro atoms. The van der Waals surface area contributed by atoms with Gasteiger partial charge in [-0.05, 0) is 22.4 Å². The Kier molecular flexibility index (Phi) is 3.73. The van der Waals surface area contributed by atoms with Gasteiger partial charge in [0, 0.05) is 23.2 Å². The lowest BCUT2D eigenvalue weighted by molar-refractivity contribution is -0.0501. The first-order valence-corrected chi connectivity index (χ1v) is 8.65. The number of aromatic nitrogens is 4. The number of pyridine rings is 2. The Balaban J connectivity index is 1.97. The van der Waals surface area contributed by atoms with Crippen LogP contribution in [0.3, 0.4) is 0 Å². The molecular formula is C15H7F3N4O4S. The first-order chi connectivity index (χ1) is 12.8. The maximum Gasteiger partial charge on any atom is 0.534 e. The first kappa shape index (κ1) is 17.1. The Morgan fingerprint density at radius 1 is 1.04 bits per heavy atom. The van der Waals surface area contributed by atoms with E-state index in [9.17, 15) is 21.6 Å². The van der Waals surface area contributed by atoms with Crippen LogP contribution in [0.5, 0.6) is 5.88 Å². The Labute approximate surface area is 148 Å². The van der Waals surface area contributed by atoms with Crippen LogP contribution in [0.2, 0.25) is 0 Å². The fourth-order valence-electron chi connectivity index (χ4n) is 2.45. The highest BCUT2D eigenvalue weighted by Gasteiger charge is 2.49. The van der Waals surface area contributed by atoms with Crippen molar-refractivity contribution in [2.45, 2.75) is 5.51 Å². The zero-order valence-corrected chi connectivity index (χ0v) is 13.8. The molecule has 0 aliphatic carbocycles. The minimum Gasteiger partial charge on any atom is -0.355 e. The van der Waals surface area contributed by atoms with E-state index in [1.807, 2.05) is 0 Å². The zero-order valence-electron chi connectivity index (χ0n) is 13.0. The standard InChI is InChI=1S/C15H7F3N4O4S/c16-15(17,18)27(23,24)25-11-7-8-3-2-6-19-12(8)14(20-11)9-4-1-5-10-13(9)22-26-21-10/h1-7H. The number of rotatable bonds is 3. The van der Waals surface area contributed by atoms with Gasteiger partial charge >= 0.3 is 15.6 Å². The third-order valence-electron chi connectivity index (χ3n) is 3.58. The summed E-state index contributed by atoms with van der Waals surface area (Å²) in [5.41, 5.74) is -4.20. The van der Waals surface area contributed by atoms with Crippen molar-refractivity contribution in [2.24, 2.45) is 0 Å². The Morgan fingerprint density at radius 3 is 2.63 bits per heavy atom. The van der Waals surface area contributed by atoms with E-state index >= 15 is 0 Å². The highest BCUT2D eigenvalue weighted by Crippen LogP contribution is 2.34. The third kappa shape index (κ3) is 2.93. The molecular weight excluding hydrogens is 389 g/mol. The second-order valence-electron chi connectivity index (χ2n) is 5.30. The number of fused-ring (bicyclic) bond motifs is 2. The fourth-order valence-corrected chi connectivity index (χ4v) is 2.85. The molecule has 0 bridgehead atoms. The molecule has 3 heterocycles. The zero-order chi connectivity index (χ0) is 19.2. The molecule has 0 saturated carbocycles. The van der Waals surface area contributed by atoms with E-state index in [-0.39, 0.29) is 11.2 Å². The second-order valence-corrected chi connectivity index (χ2v) is 6.84. The lowest BCUT2D eigenvalue weighted by Gasteiger charge is -2.11. The molecule has 4 aromatic rings. The van der Waals surface area contributed by atoms with Crippen LogP contribution in [0.1, 0.15) is 0 Å². The molecule has 0 saturated heterocycles. The monoisotopic (exact) mass is 396 g/mol. The second kappa shape index (κ2) is 5.87. The fraction of sp³-hybridized carbons (Fsp3) is 0.0667. The van der Waals surface area contributed by atoms with Crippen molar-refractivity contribution in [3.63, 3.8) is 0 Å². The molecule has 0 atom stereocenters. The van der Waals surface area contributed by atoms with E-state index in [1.54, 1.807) is 18.2 Å². The maximum absolute atomic E-state index is 12.6.